The van der Waals surface area contributed by atoms with Crippen molar-refractivity contribution in [3.63, 3.8) is 0 Å². The van der Waals surface area contributed by atoms with Crippen LogP contribution in [-0.4, -0.2) is 53.6 Å². The Balaban J connectivity index is 1.48. The Hall–Kier alpha value is -3.41. The van der Waals surface area contributed by atoms with Crippen molar-refractivity contribution in [3.8, 4) is 5.75 Å². The Kier molecular flexibility index (Phi) is 7.55. The number of ether oxygens (including phenoxy) is 1. The third-order valence-corrected chi connectivity index (χ3v) is 6.00. The maximum absolute atomic E-state index is 12.8. The zero-order valence-electron chi connectivity index (χ0n) is 19.5. The fourth-order valence-electron chi connectivity index (χ4n) is 4.30. The second-order valence-electron chi connectivity index (χ2n) is 8.36. The van der Waals surface area contributed by atoms with E-state index in [2.05, 4.69) is 36.1 Å². The number of aromatic nitrogens is 2. The molecule has 2 aromatic carbocycles. The molecule has 0 atom stereocenters. The summed E-state index contributed by atoms with van der Waals surface area (Å²) in [5, 5.41) is 0. The van der Waals surface area contributed by atoms with Crippen LogP contribution in [-0.2, 0) is 17.6 Å². The Bertz CT molecular complexity index is 1060. The highest BCUT2D eigenvalue weighted by Crippen LogP contribution is 2.26. The van der Waals surface area contributed by atoms with Gasteiger partial charge in [-0.05, 0) is 37.5 Å². The van der Waals surface area contributed by atoms with Gasteiger partial charge in [-0.2, -0.15) is 0 Å². The first kappa shape index (κ1) is 22.8. The van der Waals surface area contributed by atoms with Crippen LogP contribution in [0.5, 0.6) is 5.75 Å². The van der Waals surface area contributed by atoms with Gasteiger partial charge in [-0.25, -0.2) is 9.97 Å². The molecule has 0 bridgehead atoms. The number of benzene rings is 2. The lowest BCUT2D eigenvalue weighted by molar-refractivity contribution is -0.133. The second-order valence-corrected chi connectivity index (χ2v) is 8.36. The summed E-state index contributed by atoms with van der Waals surface area (Å²) in [6, 6.07) is 20.0. The fourth-order valence-corrected chi connectivity index (χ4v) is 4.30. The number of nitrogens with zero attached hydrogens (tertiary/aromatic N) is 4. The molecule has 6 heteroatoms. The van der Waals surface area contributed by atoms with Crippen molar-refractivity contribution in [2.45, 2.75) is 33.1 Å². The van der Waals surface area contributed by atoms with Gasteiger partial charge in [0.05, 0.1) is 0 Å². The molecule has 6 nitrogen and oxygen atoms in total. The summed E-state index contributed by atoms with van der Waals surface area (Å²) >= 11 is 0. The van der Waals surface area contributed by atoms with Gasteiger partial charge in [-0.3, -0.25) is 4.79 Å². The molecule has 0 aliphatic carbocycles. The van der Waals surface area contributed by atoms with Crippen molar-refractivity contribution in [1.29, 1.82) is 0 Å². The topological polar surface area (TPSA) is 58.6 Å². The monoisotopic (exact) mass is 444 g/mol. The molecular formula is C27H32N4O2. The third kappa shape index (κ3) is 5.89. The van der Waals surface area contributed by atoms with Crippen LogP contribution in [0.15, 0.2) is 60.7 Å². The highest BCUT2D eigenvalue weighted by Gasteiger charge is 2.23. The van der Waals surface area contributed by atoms with Crippen molar-refractivity contribution in [1.82, 2.24) is 14.9 Å². The average molecular weight is 445 g/mol. The van der Waals surface area contributed by atoms with E-state index >= 15 is 0 Å². The molecular weight excluding hydrogens is 412 g/mol. The smallest absolute Gasteiger partial charge is 0.260 e. The molecule has 0 spiro atoms. The first-order chi connectivity index (χ1) is 16.1. The first-order valence-electron chi connectivity index (χ1n) is 11.7. The molecule has 3 aromatic rings. The van der Waals surface area contributed by atoms with Crippen LogP contribution in [0.4, 0.5) is 5.82 Å². The van der Waals surface area contributed by atoms with E-state index in [0.717, 1.165) is 62.0 Å². The molecule has 4 rings (SSSR count). The van der Waals surface area contributed by atoms with Gasteiger partial charge in [-0.15, -0.1) is 0 Å². The lowest BCUT2D eigenvalue weighted by Gasteiger charge is -2.26. The number of hydrogen-bond donors (Lipinski definition) is 0. The maximum Gasteiger partial charge on any atom is 0.260 e. The highest BCUT2D eigenvalue weighted by molar-refractivity contribution is 5.78. The molecule has 1 aromatic heterocycles. The summed E-state index contributed by atoms with van der Waals surface area (Å²) in [6.45, 7) is 7.18. The lowest BCUT2D eigenvalue weighted by Crippen LogP contribution is -2.38. The number of carbonyl (C=O) groups excluding carboxylic acids is 1. The summed E-state index contributed by atoms with van der Waals surface area (Å²) in [6.07, 6.45) is 2.57. The number of amides is 1. The van der Waals surface area contributed by atoms with E-state index in [0.29, 0.717) is 6.54 Å². The molecule has 0 unspecified atom stereocenters. The van der Waals surface area contributed by atoms with Crippen molar-refractivity contribution in [2.75, 3.05) is 37.7 Å². The standard InChI is InChI=1S/C27H32N4O2/c1-3-25-24(19-22-11-6-4-7-12-22)27(29-21(2)28-25)31-16-10-15-30(17-18-31)26(32)20-33-23-13-8-5-9-14-23/h4-9,11-14H,3,10,15-20H2,1-2H3. The Morgan fingerprint density at radius 2 is 1.67 bits per heavy atom. The highest BCUT2D eigenvalue weighted by atomic mass is 16.5. The van der Waals surface area contributed by atoms with Gasteiger partial charge >= 0.3 is 0 Å². The minimum absolute atomic E-state index is 0.0262. The SMILES string of the molecule is CCc1nc(C)nc(N2CCCN(C(=O)COc3ccccc3)CC2)c1Cc1ccccc1. The zero-order chi connectivity index (χ0) is 23.0. The predicted molar refractivity (Wildman–Crippen MR) is 131 cm³/mol. The summed E-state index contributed by atoms with van der Waals surface area (Å²) < 4.78 is 5.68. The predicted octanol–water partition coefficient (Wildman–Crippen LogP) is 4.06. The van der Waals surface area contributed by atoms with Crippen LogP contribution in [0.2, 0.25) is 0 Å². The zero-order valence-corrected chi connectivity index (χ0v) is 19.5. The Labute approximate surface area is 196 Å². The Morgan fingerprint density at radius 3 is 2.39 bits per heavy atom. The van der Waals surface area contributed by atoms with Crippen molar-refractivity contribution >= 4 is 11.7 Å². The minimum Gasteiger partial charge on any atom is -0.484 e. The molecule has 0 saturated carbocycles. The Morgan fingerprint density at radius 1 is 0.939 bits per heavy atom. The maximum atomic E-state index is 12.8. The van der Waals surface area contributed by atoms with Gasteiger partial charge < -0.3 is 14.5 Å². The molecule has 0 radical (unpaired) electrons. The number of aryl methyl sites for hydroxylation is 2. The molecule has 1 fully saturated rings. The van der Waals surface area contributed by atoms with Gasteiger partial charge in [-0.1, -0.05) is 55.5 Å². The van der Waals surface area contributed by atoms with E-state index in [1.54, 1.807) is 0 Å². The summed E-state index contributed by atoms with van der Waals surface area (Å²) in [5.74, 6) is 2.56. The van der Waals surface area contributed by atoms with E-state index in [9.17, 15) is 4.79 Å². The van der Waals surface area contributed by atoms with Crippen LogP contribution < -0.4 is 9.64 Å². The van der Waals surface area contributed by atoms with E-state index < -0.39 is 0 Å². The minimum atomic E-state index is 0.0262. The van der Waals surface area contributed by atoms with Crippen LogP contribution >= 0.6 is 0 Å². The number of hydrogen-bond acceptors (Lipinski definition) is 5. The second kappa shape index (κ2) is 10.9. The van der Waals surface area contributed by atoms with Crippen LogP contribution in [0.1, 0.15) is 36.0 Å². The van der Waals surface area contributed by atoms with E-state index in [-0.39, 0.29) is 12.5 Å². The summed E-state index contributed by atoms with van der Waals surface area (Å²) in [5.41, 5.74) is 3.56. The average Bonchev–Trinajstić information content (AvgIpc) is 3.11. The van der Waals surface area contributed by atoms with Gasteiger partial charge in [0, 0.05) is 43.9 Å². The third-order valence-electron chi connectivity index (χ3n) is 6.00. The van der Waals surface area contributed by atoms with Crippen molar-refractivity contribution < 1.29 is 9.53 Å². The largest absolute Gasteiger partial charge is 0.484 e. The van der Waals surface area contributed by atoms with Crippen LogP contribution in [0.25, 0.3) is 0 Å². The molecule has 2 heterocycles. The number of anilines is 1. The summed E-state index contributed by atoms with van der Waals surface area (Å²) in [7, 11) is 0. The number of carbonyl (C=O) groups is 1. The molecule has 1 saturated heterocycles. The fraction of sp³-hybridized carbons (Fsp3) is 0.370. The number of para-hydroxylation sites is 1. The van der Waals surface area contributed by atoms with Gasteiger partial charge in [0.2, 0.25) is 0 Å². The normalized spacial score (nSPS) is 14.1. The number of rotatable bonds is 7. The van der Waals surface area contributed by atoms with Crippen LogP contribution in [0.3, 0.4) is 0 Å². The van der Waals surface area contributed by atoms with E-state index in [1.807, 2.05) is 48.2 Å². The molecule has 1 aliphatic rings. The van der Waals surface area contributed by atoms with E-state index in [4.69, 9.17) is 14.7 Å². The molecule has 172 valence electrons. The van der Waals surface area contributed by atoms with Crippen LogP contribution in [0, 0.1) is 6.92 Å². The van der Waals surface area contributed by atoms with Gasteiger partial charge in [0.15, 0.2) is 6.61 Å². The molecule has 0 N–H and O–H groups in total. The van der Waals surface area contributed by atoms with Crippen molar-refractivity contribution in [2.24, 2.45) is 0 Å². The first-order valence-corrected chi connectivity index (χ1v) is 11.7. The lowest BCUT2D eigenvalue weighted by atomic mass is 10.0. The molecule has 1 aliphatic heterocycles. The van der Waals surface area contributed by atoms with Crippen molar-refractivity contribution in [3.05, 3.63) is 83.3 Å². The quantitative estimate of drug-likeness (QED) is 0.550. The van der Waals surface area contributed by atoms with Gasteiger partial charge in [0.1, 0.15) is 17.4 Å². The summed E-state index contributed by atoms with van der Waals surface area (Å²) in [4.78, 5) is 26.6. The molecule has 33 heavy (non-hydrogen) atoms. The molecule has 1 amide bonds. The van der Waals surface area contributed by atoms with Gasteiger partial charge in [0.25, 0.3) is 5.91 Å². The van der Waals surface area contributed by atoms with E-state index in [1.165, 1.54) is 11.1 Å².